The number of aldehydes is 1. The molecule has 9 heavy (non-hydrogen) atoms. The largest absolute Gasteiger partial charge is 0.378 e. The molecule has 2 N–H and O–H groups in total. The van der Waals surface area contributed by atoms with Crippen molar-refractivity contribution in [2.24, 2.45) is 0 Å². The second kappa shape index (κ2) is 3.55. The van der Waals surface area contributed by atoms with Crippen molar-refractivity contribution < 1.29 is 9.53 Å². The summed E-state index contributed by atoms with van der Waals surface area (Å²) in [6.45, 7) is 1.89. The van der Waals surface area contributed by atoms with E-state index in [9.17, 15) is 4.79 Å². The van der Waals surface area contributed by atoms with Gasteiger partial charge in [-0.3, -0.25) is 5.43 Å². The zero-order chi connectivity index (χ0) is 6.53. The molecule has 0 aliphatic carbocycles. The molecular weight excluding hydrogens is 120 g/mol. The molecule has 0 bridgehead atoms. The lowest BCUT2D eigenvalue weighted by Crippen LogP contribution is -2.41. The molecule has 0 aromatic heterocycles. The van der Waals surface area contributed by atoms with E-state index >= 15 is 0 Å². The average molecular weight is 130 g/mol. The molecule has 0 saturated carbocycles. The highest BCUT2D eigenvalue weighted by Gasteiger charge is 2.08. The molecule has 0 radical (unpaired) electrons. The minimum atomic E-state index is -0.188. The molecule has 0 aromatic carbocycles. The maximum absolute atomic E-state index is 10.1. The second-order valence-electron chi connectivity index (χ2n) is 1.89. The third-order valence-electron chi connectivity index (χ3n) is 1.12. The summed E-state index contributed by atoms with van der Waals surface area (Å²) in [5.41, 5.74) is 5.63. The average Bonchev–Trinajstić information content (AvgIpc) is 2.13. The Morgan fingerprint density at radius 2 is 2.56 bits per heavy atom. The number of ether oxygens (including phenoxy) is 1. The van der Waals surface area contributed by atoms with Crippen molar-refractivity contribution in [3.63, 3.8) is 0 Å². The normalized spacial score (nSPS) is 29.1. The van der Waals surface area contributed by atoms with Gasteiger partial charge in [0.05, 0.1) is 19.3 Å². The fourth-order valence-electron chi connectivity index (χ4n) is 0.652. The summed E-state index contributed by atoms with van der Waals surface area (Å²) in [5.74, 6) is 0. The Bertz CT molecular complexity index is 89.0. The molecule has 1 aliphatic rings. The Labute approximate surface area is 53.5 Å². The first-order chi connectivity index (χ1) is 4.43. The van der Waals surface area contributed by atoms with Gasteiger partial charge < -0.3 is 9.53 Å². The minimum absolute atomic E-state index is 0.188. The summed E-state index contributed by atoms with van der Waals surface area (Å²) < 4.78 is 5.04. The molecule has 1 aliphatic heterocycles. The van der Waals surface area contributed by atoms with Gasteiger partial charge in [0.25, 0.3) is 0 Å². The summed E-state index contributed by atoms with van der Waals surface area (Å²) in [7, 11) is 0. The van der Waals surface area contributed by atoms with Crippen LogP contribution in [-0.4, -0.2) is 32.1 Å². The van der Waals surface area contributed by atoms with E-state index in [1.54, 1.807) is 0 Å². The molecule has 1 heterocycles. The van der Waals surface area contributed by atoms with Crippen LogP contribution in [0.25, 0.3) is 0 Å². The van der Waals surface area contributed by atoms with E-state index in [1.165, 1.54) is 0 Å². The smallest absolute Gasteiger partial charge is 0.140 e. The second-order valence-corrected chi connectivity index (χ2v) is 1.89. The van der Waals surface area contributed by atoms with Crippen LogP contribution in [-0.2, 0) is 9.53 Å². The number of carbonyl (C=O) groups is 1. The predicted molar refractivity (Wildman–Crippen MR) is 31.8 cm³/mol. The van der Waals surface area contributed by atoms with Gasteiger partial charge in [-0.15, -0.1) is 0 Å². The SMILES string of the molecule is O=CC1COCCNN1. The Morgan fingerprint density at radius 1 is 1.67 bits per heavy atom. The van der Waals surface area contributed by atoms with Gasteiger partial charge in [0.15, 0.2) is 0 Å². The summed E-state index contributed by atoms with van der Waals surface area (Å²) in [5, 5.41) is 0. The van der Waals surface area contributed by atoms with Crippen LogP contribution in [0.3, 0.4) is 0 Å². The van der Waals surface area contributed by atoms with E-state index < -0.39 is 0 Å². The van der Waals surface area contributed by atoms with Gasteiger partial charge in [0.2, 0.25) is 0 Å². The molecule has 0 aromatic rings. The zero-order valence-corrected chi connectivity index (χ0v) is 5.09. The molecule has 0 spiro atoms. The fraction of sp³-hybridized carbons (Fsp3) is 0.800. The minimum Gasteiger partial charge on any atom is -0.378 e. The topological polar surface area (TPSA) is 50.4 Å². The van der Waals surface area contributed by atoms with Crippen LogP contribution in [0.4, 0.5) is 0 Å². The van der Waals surface area contributed by atoms with Gasteiger partial charge >= 0.3 is 0 Å². The first-order valence-corrected chi connectivity index (χ1v) is 2.95. The van der Waals surface area contributed by atoms with Crippen LogP contribution >= 0.6 is 0 Å². The van der Waals surface area contributed by atoms with Gasteiger partial charge in [-0.1, -0.05) is 0 Å². The van der Waals surface area contributed by atoms with Crippen LogP contribution in [0.15, 0.2) is 0 Å². The van der Waals surface area contributed by atoms with Crippen LogP contribution in [0.1, 0.15) is 0 Å². The summed E-state index contributed by atoms with van der Waals surface area (Å²) in [4.78, 5) is 10.1. The van der Waals surface area contributed by atoms with Crippen molar-refractivity contribution >= 4 is 6.29 Å². The molecule has 1 saturated heterocycles. The third kappa shape index (κ3) is 2.09. The molecule has 4 nitrogen and oxygen atoms in total. The molecule has 52 valence electrons. The highest BCUT2D eigenvalue weighted by molar-refractivity contribution is 5.57. The van der Waals surface area contributed by atoms with Crippen molar-refractivity contribution in [2.75, 3.05) is 19.8 Å². The van der Waals surface area contributed by atoms with Gasteiger partial charge in [-0.2, -0.15) is 0 Å². The maximum atomic E-state index is 10.1. The fourth-order valence-corrected chi connectivity index (χ4v) is 0.652. The third-order valence-corrected chi connectivity index (χ3v) is 1.12. The highest BCUT2D eigenvalue weighted by Crippen LogP contribution is 1.83. The number of nitrogens with one attached hydrogen (secondary N) is 2. The van der Waals surface area contributed by atoms with E-state index in [1.807, 2.05) is 0 Å². The molecule has 1 fully saturated rings. The number of carbonyl (C=O) groups excluding carboxylic acids is 1. The monoisotopic (exact) mass is 130 g/mol. The Kier molecular flexibility index (Phi) is 2.63. The summed E-state index contributed by atoms with van der Waals surface area (Å²) in [6.07, 6.45) is 0.832. The van der Waals surface area contributed by atoms with Crippen molar-refractivity contribution in [3.05, 3.63) is 0 Å². The van der Waals surface area contributed by atoms with Crippen LogP contribution in [0.5, 0.6) is 0 Å². The molecule has 0 amide bonds. The zero-order valence-electron chi connectivity index (χ0n) is 5.09. The Balaban J connectivity index is 2.26. The van der Waals surface area contributed by atoms with Crippen molar-refractivity contribution in [3.8, 4) is 0 Å². The van der Waals surface area contributed by atoms with E-state index in [0.29, 0.717) is 13.2 Å². The summed E-state index contributed by atoms with van der Waals surface area (Å²) in [6, 6.07) is -0.188. The van der Waals surface area contributed by atoms with Gasteiger partial charge in [0, 0.05) is 6.54 Å². The summed E-state index contributed by atoms with van der Waals surface area (Å²) >= 11 is 0. The first kappa shape index (κ1) is 6.67. The van der Waals surface area contributed by atoms with E-state index in [2.05, 4.69) is 10.9 Å². The van der Waals surface area contributed by atoms with Crippen molar-refractivity contribution in [1.29, 1.82) is 0 Å². The number of hydrogen-bond acceptors (Lipinski definition) is 4. The Hall–Kier alpha value is -0.450. The number of hydrazine groups is 1. The maximum Gasteiger partial charge on any atom is 0.140 e. The van der Waals surface area contributed by atoms with Crippen LogP contribution in [0, 0.1) is 0 Å². The van der Waals surface area contributed by atoms with Gasteiger partial charge in [0.1, 0.15) is 6.29 Å². The van der Waals surface area contributed by atoms with E-state index in [4.69, 9.17) is 4.74 Å². The molecular formula is C5H10N2O2. The lowest BCUT2D eigenvalue weighted by Gasteiger charge is -2.05. The Morgan fingerprint density at radius 3 is 3.33 bits per heavy atom. The van der Waals surface area contributed by atoms with Crippen LogP contribution < -0.4 is 10.9 Å². The van der Waals surface area contributed by atoms with Gasteiger partial charge in [-0.25, -0.2) is 5.43 Å². The van der Waals surface area contributed by atoms with E-state index in [-0.39, 0.29) is 6.04 Å². The highest BCUT2D eigenvalue weighted by atomic mass is 16.5. The standard InChI is InChI=1S/C5H10N2O2/c8-3-5-4-9-2-1-6-7-5/h3,5-7H,1-2,4H2. The van der Waals surface area contributed by atoms with Crippen LogP contribution in [0.2, 0.25) is 0 Å². The molecule has 4 heteroatoms. The van der Waals surface area contributed by atoms with Crippen molar-refractivity contribution in [1.82, 2.24) is 10.9 Å². The first-order valence-electron chi connectivity index (χ1n) is 2.95. The number of hydrogen-bond donors (Lipinski definition) is 2. The quantitative estimate of drug-likeness (QED) is 0.432. The molecule has 1 unspecified atom stereocenters. The van der Waals surface area contributed by atoms with Gasteiger partial charge in [-0.05, 0) is 0 Å². The van der Waals surface area contributed by atoms with Crippen molar-refractivity contribution in [2.45, 2.75) is 6.04 Å². The molecule has 1 atom stereocenters. The lowest BCUT2D eigenvalue weighted by molar-refractivity contribution is -0.110. The predicted octanol–water partition coefficient (Wildman–Crippen LogP) is -1.32. The molecule has 1 rings (SSSR count). The van der Waals surface area contributed by atoms with E-state index in [0.717, 1.165) is 12.8 Å². The lowest BCUT2D eigenvalue weighted by atomic mass is 10.4. The number of rotatable bonds is 1.